The second-order valence-corrected chi connectivity index (χ2v) is 7.49. The monoisotopic (exact) mass is 345 g/mol. The van der Waals surface area contributed by atoms with Crippen molar-refractivity contribution in [1.29, 1.82) is 0 Å². The Balaban J connectivity index is 1.39. The van der Waals surface area contributed by atoms with Crippen LogP contribution in [0.2, 0.25) is 0 Å². The molecule has 1 aromatic carbocycles. The number of anilines is 1. The van der Waals surface area contributed by atoms with Gasteiger partial charge in [0.15, 0.2) is 0 Å². The molecule has 1 saturated heterocycles. The predicted octanol–water partition coefficient (Wildman–Crippen LogP) is 2.88. The van der Waals surface area contributed by atoms with Crippen molar-refractivity contribution < 1.29 is 9.90 Å². The lowest BCUT2D eigenvalue weighted by Gasteiger charge is -2.33. The molecule has 0 radical (unpaired) electrons. The first-order valence-corrected chi connectivity index (χ1v) is 9.71. The van der Waals surface area contributed by atoms with Gasteiger partial charge in [0.25, 0.3) is 0 Å². The van der Waals surface area contributed by atoms with Crippen LogP contribution < -0.4 is 15.5 Å². The summed E-state index contributed by atoms with van der Waals surface area (Å²) in [7, 11) is 0. The highest BCUT2D eigenvalue weighted by Crippen LogP contribution is 2.24. The van der Waals surface area contributed by atoms with E-state index in [0.29, 0.717) is 25.0 Å². The summed E-state index contributed by atoms with van der Waals surface area (Å²) >= 11 is 0. The predicted molar refractivity (Wildman–Crippen MR) is 101 cm³/mol. The first-order chi connectivity index (χ1) is 12.2. The van der Waals surface area contributed by atoms with Crippen LogP contribution in [-0.2, 0) is 6.54 Å². The minimum Gasteiger partial charge on any atom is -0.396 e. The topological polar surface area (TPSA) is 64.6 Å². The number of carbonyl (C=O) groups excluding carboxylic acids is 1. The van der Waals surface area contributed by atoms with Gasteiger partial charge in [-0.2, -0.15) is 0 Å². The number of piperidine rings is 1. The van der Waals surface area contributed by atoms with Gasteiger partial charge < -0.3 is 20.6 Å². The van der Waals surface area contributed by atoms with Crippen LogP contribution in [0.5, 0.6) is 0 Å². The molecule has 5 nitrogen and oxygen atoms in total. The highest BCUT2D eigenvalue weighted by Gasteiger charge is 2.18. The van der Waals surface area contributed by atoms with Gasteiger partial charge in [-0.3, -0.25) is 0 Å². The number of carbonyl (C=O) groups is 1. The van der Waals surface area contributed by atoms with E-state index in [2.05, 4.69) is 39.8 Å². The molecule has 0 spiro atoms. The van der Waals surface area contributed by atoms with Crippen LogP contribution in [0.4, 0.5) is 10.5 Å². The van der Waals surface area contributed by atoms with Crippen molar-refractivity contribution >= 4 is 11.7 Å². The molecule has 2 amide bonds. The summed E-state index contributed by atoms with van der Waals surface area (Å²) in [6, 6.07) is 8.37. The van der Waals surface area contributed by atoms with E-state index in [1.165, 1.54) is 31.4 Å². The second-order valence-electron chi connectivity index (χ2n) is 7.49. The lowest BCUT2D eigenvalue weighted by molar-refractivity contribution is 0.203. The highest BCUT2D eigenvalue weighted by molar-refractivity contribution is 5.73. The van der Waals surface area contributed by atoms with Crippen LogP contribution in [0.3, 0.4) is 0 Å². The molecule has 1 aliphatic heterocycles. The van der Waals surface area contributed by atoms with E-state index in [1.807, 2.05) is 0 Å². The zero-order valence-corrected chi connectivity index (χ0v) is 15.0. The van der Waals surface area contributed by atoms with Crippen LogP contribution in [-0.4, -0.2) is 37.4 Å². The summed E-state index contributed by atoms with van der Waals surface area (Å²) in [5.41, 5.74) is 2.34. The Morgan fingerprint density at radius 2 is 1.68 bits per heavy atom. The SMILES string of the molecule is O=C(NCc1ccc(N2CCC(CO)CC2)cc1)NCC1CCCC1. The second kappa shape index (κ2) is 9.09. The van der Waals surface area contributed by atoms with Crippen molar-refractivity contribution in [2.24, 2.45) is 11.8 Å². The van der Waals surface area contributed by atoms with E-state index in [1.54, 1.807) is 0 Å². The molecule has 2 aliphatic rings. The molecule has 0 unspecified atom stereocenters. The zero-order valence-electron chi connectivity index (χ0n) is 15.0. The highest BCUT2D eigenvalue weighted by atomic mass is 16.3. The van der Waals surface area contributed by atoms with Gasteiger partial charge in [0.2, 0.25) is 0 Å². The molecular formula is C20H31N3O2. The van der Waals surface area contributed by atoms with Gasteiger partial charge in [-0.15, -0.1) is 0 Å². The number of aliphatic hydroxyl groups excluding tert-OH is 1. The molecule has 3 N–H and O–H groups in total. The molecular weight excluding hydrogens is 314 g/mol. The van der Waals surface area contributed by atoms with Gasteiger partial charge in [0.1, 0.15) is 0 Å². The number of amides is 2. The first-order valence-electron chi connectivity index (χ1n) is 9.71. The fourth-order valence-corrected chi connectivity index (χ4v) is 3.89. The maximum atomic E-state index is 11.9. The Morgan fingerprint density at radius 3 is 2.32 bits per heavy atom. The molecule has 0 bridgehead atoms. The molecule has 1 aliphatic carbocycles. The average Bonchev–Trinajstić information content (AvgIpc) is 3.19. The largest absolute Gasteiger partial charge is 0.396 e. The summed E-state index contributed by atoms with van der Waals surface area (Å²) < 4.78 is 0. The lowest BCUT2D eigenvalue weighted by Crippen LogP contribution is -2.37. The van der Waals surface area contributed by atoms with Crippen LogP contribution >= 0.6 is 0 Å². The number of rotatable bonds is 6. The number of urea groups is 1. The van der Waals surface area contributed by atoms with Crippen LogP contribution in [0, 0.1) is 11.8 Å². The molecule has 3 rings (SSSR count). The van der Waals surface area contributed by atoms with Crippen LogP contribution in [0.15, 0.2) is 24.3 Å². The fraction of sp³-hybridized carbons (Fsp3) is 0.650. The molecule has 2 fully saturated rings. The third kappa shape index (κ3) is 5.36. The summed E-state index contributed by atoms with van der Waals surface area (Å²) in [6.45, 7) is 3.68. The number of hydrogen-bond donors (Lipinski definition) is 3. The number of hydrogen-bond acceptors (Lipinski definition) is 3. The van der Waals surface area contributed by atoms with Crippen molar-refractivity contribution in [2.75, 3.05) is 31.1 Å². The normalized spacial score (nSPS) is 19.2. The van der Waals surface area contributed by atoms with Crippen LogP contribution in [0.1, 0.15) is 44.1 Å². The minimum atomic E-state index is -0.0675. The molecule has 5 heteroatoms. The number of nitrogens with one attached hydrogen (secondary N) is 2. The maximum absolute atomic E-state index is 11.9. The number of nitrogens with zero attached hydrogens (tertiary/aromatic N) is 1. The van der Waals surface area contributed by atoms with Crippen molar-refractivity contribution in [3.63, 3.8) is 0 Å². The summed E-state index contributed by atoms with van der Waals surface area (Å²) in [6.07, 6.45) is 7.21. The van der Waals surface area contributed by atoms with E-state index in [9.17, 15) is 9.90 Å². The van der Waals surface area contributed by atoms with E-state index in [0.717, 1.165) is 38.0 Å². The van der Waals surface area contributed by atoms with E-state index < -0.39 is 0 Å². The molecule has 1 saturated carbocycles. The summed E-state index contributed by atoms with van der Waals surface area (Å²) in [5.74, 6) is 1.13. The quantitative estimate of drug-likeness (QED) is 0.743. The summed E-state index contributed by atoms with van der Waals surface area (Å²) in [5, 5.41) is 15.2. The standard InChI is InChI=1S/C20H31N3O2/c24-15-18-9-11-23(12-10-18)19-7-5-17(6-8-19)14-22-20(25)21-13-16-3-1-2-4-16/h5-8,16,18,24H,1-4,9-15H2,(H2,21,22,25). The molecule has 25 heavy (non-hydrogen) atoms. The Labute approximate surface area is 150 Å². The van der Waals surface area contributed by atoms with Crippen molar-refractivity contribution in [2.45, 2.75) is 45.1 Å². The van der Waals surface area contributed by atoms with Gasteiger partial charge in [0, 0.05) is 38.5 Å². The molecule has 1 aromatic rings. The molecule has 138 valence electrons. The van der Waals surface area contributed by atoms with Gasteiger partial charge in [-0.05, 0) is 55.2 Å². The van der Waals surface area contributed by atoms with E-state index in [4.69, 9.17) is 0 Å². The van der Waals surface area contributed by atoms with Crippen LogP contribution in [0.25, 0.3) is 0 Å². The van der Waals surface area contributed by atoms with Gasteiger partial charge in [-0.1, -0.05) is 25.0 Å². The van der Waals surface area contributed by atoms with E-state index >= 15 is 0 Å². The Hall–Kier alpha value is -1.75. The third-order valence-electron chi connectivity index (χ3n) is 5.65. The Morgan fingerprint density at radius 1 is 1.00 bits per heavy atom. The fourth-order valence-electron chi connectivity index (χ4n) is 3.89. The van der Waals surface area contributed by atoms with Crippen molar-refractivity contribution in [1.82, 2.24) is 10.6 Å². The first kappa shape index (κ1) is 18.1. The average molecular weight is 345 g/mol. The van der Waals surface area contributed by atoms with Crippen molar-refractivity contribution in [3.8, 4) is 0 Å². The van der Waals surface area contributed by atoms with E-state index in [-0.39, 0.29) is 6.03 Å². The molecule has 1 heterocycles. The number of benzene rings is 1. The molecule has 0 atom stereocenters. The van der Waals surface area contributed by atoms with Gasteiger partial charge in [0.05, 0.1) is 0 Å². The van der Waals surface area contributed by atoms with Crippen molar-refractivity contribution in [3.05, 3.63) is 29.8 Å². The lowest BCUT2D eigenvalue weighted by atomic mass is 9.97. The zero-order chi connectivity index (χ0) is 17.5. The Kier molecular flexibility index (Phi) is 6.56. The number of aliphatic hydroxyl groups is 1. The third-order valence-corrected chi connectivity index (χ3v) is 5.65. The van der Waals surface area contributed by atoms with Gasteiger partial charge in [-0.25, -0.2) is 4.79 Å². The summed E-state index contributed by atoms with van der Waals surface area (Å²) in [4.78, 5) is 14.3. The minimum absolute atomic E-state index is 0.0675. The molecule has 0 aromatic heterocycles. The maximum Gasteiger partial charge on any atom is 0.315 e. The Bertz CT molecular complexity index is 532. The van der Waals surface area contributed by atoms with Gasteiger partial charge >= 0.3 is 6.03 Å². The smallest absolute Gasteiger partial charge is 0.315 e.